The molecule has 1 rings (SSSR count). The molecule has 0 aliphatic rings. The van der Waals surface area contributed by atoms with E-state index in [1.165, 1.54) is 11.3 Å². The Hall–Kier alpha value is -0.830. The molecule has 0 spiro atoms. The Bertz CT molecular complexity index is 333. The summed E-state index contributed by atoms with van der Waals surface area (Å²) in [5.41, 5.74) is 2.63. The first-order valence-corrected chi connectivity index (χ1v) is 6.11. The van der Waals surface area contributed by atoms with Gasteiger partial charge in [0.2, 0.25) is 0 Å². The van der Waals surface area contributed by atoms with Gasteiger partial charge in [0, 0.05) is 36.8 Å². The lowest BCUT2D eigenvalue weighted by atomic mass is 9.89. The SMILES string of the molecule is CCC(C)NCc1cn(C)nc1C(C)(C)C. The van der Waals surface area contributed by atoms with Gasteiger partial charge in [-0.05, 0) is 13.3 Å². The van der Waals surface area contributed by atoms with Crippen molar-refractivity contribution in [3.05, 3.63) is 17.5 Å². The van der Waals surface area contributed by atoms with Crippen LogP contribution in [0.2, 0.25) is 0 Å². The molecular weight excluding hydrogens is 198 g/mol. The Morgan fingerprint density at radius 1 is 1.44 bits per heavy atom. The maximum atomic E-state index is 4.56. The normalized spacial score (nSPS) is 14.1. The minimum absolute atomic E-state index is 0.119. The van der Waals surface area contributed by atoms with Gasteiger partial charge in [0.25, 0.3) is 0 Å². The first-order valence-electron chi connectivity index (χ1n) is 6.11. The monoisotopic (exact) mass is 223 g/mol. The second-order valence-electron chi connectivity index (χ2n) is 5.62. The molecule has 92 valence electrons. The molecule has 0 fully saturated rings. The molecule has 1 N–H and O–H groups in total. The quantitative estimate of drug-likeness (QED) is 0.850. The van der Waals surface area contributed by atoms with Gasteiger partial charge < -0.3 is 5.32 Å². The molecule has 0 saturated heterocycles. The van der Waals surface area contributed by atoms with Crippen molar-refractivity contribution in [2.75, 3.05) is 0 Å². The van der Waals surface area contributed by atoms with Crippen molar-refractivity contribution in [1.29, 1.82) is 0 Å². The summed E-state index contributed by atoms with van der Waals surface area (Å²) in [5, 5.41) is 8.08. The highest BCUT2D eigenvalue weighted by Gasteiger charge is 2.21. The zero-order chi connectivity index (χ0) is 12.3. The zero-order valence-corrected chi connectivity index (χ0v) is 11.5. The number of aryl methyl sites for hydroxylation is 1. The molecule has 0 amide bonds. The van der Waals surface area contributed by atoms with Crippen molar-refractivity contribution in [1.82, 2.24) is 15.1 Å². The number of nitrogens with one attached hydrogen (secondary N) is 1. The van der Waals surface area contributed by atoms with Crippen LogP contribution in [0.1, 0.15) is 52.3 Å². The van der Waals surface area contributed by atoms with Crippen LogP contribution in [-0.2, 0) is 19.0 Å². The summed E-state index contributed by atoms with van der Waals surface area (Å²) < 4.78 is 1.91. The Morgan fingerprint density at radius 3 is 2.56 bits per heavy atom. The number of hydrogen-bond donors (Lipinski definition) is 1. The third-order valence-electron chi connectivity index (χ3n) is 2.87. The van der Waals surface area contributed by atoms with Crippen LogP contribution in [0.5, 0.6) is 0 Å². The lowest BCUT2D eigenvalue weighted by Crippen LogP contribution is -2.26. The van der Waals surface area contributed by atoms with Crippen molar-refractivity contribution in [2.24, 2.45) is 7.05 Å². The lowest BCUT2D eigenvalue weighted by Gasteiger charge is -2.18. The standard InChI is InChI=1S/C13H25N3/c1-7-10(2)14-8-11-9-16(6)15-12(11)13(3,4)5/h9-10,14H,7-8H2,1-6H3. The molecule has 1 heterocycles. The molecule has 1 aromatic rings. The van der Waals surface area contributed by atoms with E-state index in [1.54, 1.807) is 0 Å². The van der Waals surface area contributed by atoms with Crippen molar-refractivity contribution in [2.45, 2.75) is 59.0 Å². The number of aromatic nitrogens is 2. The first kappa shape index (κ1) is 13.2. The van der Waals surface area contributed by atoms with E-state index in [4.69, 9.17) is 0 Å². The molecular formula is C13H25N3. The van der Waals surface area contributed by atoms with Gasteiger partial charge >= 0.3 is 0 Å². The minimum Gasteiger partial charge on any atom is -0.310 e. The van der Waals surface area contributed by atoms with E-state index in [-0.39, 0.29) is 5.41 Å². The summed E-state index contributed by atoms with van der Waals surface area (Å²) in [4.78, 5) is 0. The molecule has 0 radical (unpaired) electrons. The highest BCUT2D eigenvalue weighted by molar-refractivity contribution is 5.23. The lowest BCUT2D eigenvalue weighted by molar-refractivity contribution is 0.515. The highest BCUT2D eigenvalue weighted by Crippen LogP contribution is 2.24. The van der Waals surface area contributed by atoms with Crippen LogP contribution in [0.4, 0.5) is 0 Å². The van der Waals surface area contributed by atoms with E-state index in [1.807, 2.05) is 11.7 Å². The zero-order valence-electron chi connectivity index (χ0n) is 11.5. The fourth-order valence-electron chi connectivity index (χ4n) is 1.73. The van der Waals surface area contributed by atoms with Gasteiger partial charge in [0.05, 0.1) is 5.69 Å². The Kier molecular flexibility index (Phi) is 4.14. The Balaban J connectivity index is 2.79. The molecule has 0 aliphatic heterocycles. The van der Waals surface area contributed by atoms with Gasteiger partial charge in [-0.1, -0.05) is 27.7 Å². The highest BCUT2D eigenvalue weighted by atomic mass is 15.3. The summed E-state index contributed by atoms with van der Waals surface area (Å²) in [6.45, 7) is 12.0. The van der Waals surface area contributed by atoms with E-state index < -0.39 is 0 Å². The average molecular weight is 223 g/mol. The summed E-state index contributed by atoms with van der Waals surface area (Å²) in [7, 11) is 1.99. The number of rotatable bonds is 4. The van der Waals surface area contributed by atoms with Crippen LogP contribution >= 0.6 is 0 Å². The van der Waals surface area contributed by atoms with Gasteiger partial charge in [-0.3, -0.25) is 4.68 Å². The van der Waals surface area contributed by atoms with Crippen molar-refractivity contribution in [3.8, 4) is 0 Å². The van der Waals surface area contributed by atoms with Gasteiger partial charge in [-0.2, -0.15) is 5.10 Å². The molecule has 0 aliphatic carbocycles. The van der Waals surface area contributed by atoms with Crippen molar-refractivity contribution in [3.63, 3.8) is 0 Å². The molecule has 1 unspecified atom stereocenters. The Morgan fingerprint density at radius 2 is 2.06 bits per heavy atom. The molecule has 1 atom stereocenters. The fraction of sp³-hybridized carbons (Fsp3) is 0.769. The predicted octanol–water partition coefficient (Wildman–Crippen LogP) is 2.61. The summed E-state index contributed by atoms with van der Waals surface area (Å²) in [6.07, 6.45) is 3.28. The molecule has 0 aromatic carbocycles. The van der Waals surface area contributed by atoms with Crippen LogP contribution in [0.3, 0.4) is 0 Å². The van der Waals surface area contributed by atoms with Gasteiger partial charge in [-0.25, -0.2) is 0 Å². The topological polar surface area (TPSA) is 29.9 Å². The summed E-state index contributed by atoms with van der Waals surface area (Å²) >= 11 is 0. The second kappa shape index (κ2) is 5.00. The van der Waals surface area contributed by atoms with Crippen LogP contribution in [0.25, 0.3) is 0 Å². The smallest absolute Gasteiger partial charge is 0.0722 e. The van der Waals surface area contributed by atoms with Crippen molar-refractivity contribution >= 4 is 0 Å². The molecule has 1 aromatic heterocycles. The van der Waals surface area contributed by atoms with E-state index in [9.17, 15) is 0 Å². The number of hydrogen-bond acceptors (Lipinski definition) is 2. The molecule has 3 nitrogen and oxygen atoms in total. The van der Waals surface area contributed by atoms with Gasteiger partial charge in [0.15, 0.2) is 0 Å². The third kappa shape index (κ3) is 3.34. The average Bonchev–Trinajstić information content (AvgIpc) is 2.55. The van der Waals surface area contributed by atoms with E-state index >= 15 is 0 Å². The number of nitrogens with zero attached hydrogens (tertiary/aromatic N) is 2. The fourth-order valence-corrected chi connectivity index (χ4v) is 1.73. The predicted molar refractivity (Wildman–Crippen MR) is 68.5 cm³/mol. The third-order valence-corrected chi connectivity index (χ3v) is 2.87. The van der Waals surface area contributed by atoms with E-state index in [2.05, 4.69) is 51.2 Å². The molecule has 3 heteroatoms. The van der Waals surface area contributed by atoms with Crippen LogP contribution in [0, 0.1) is 0 Å². The van der Waals surface area contributed by atoms with Gasteiger partial charge in [0.1, 0.15) is 0 Å². The maximum Gasteiger partial charge on any atom is 0.0722 e. The summed E-state index contributed by atoms with van der Waals surface area (Å²) in [6, 6.07) is 0.563. The van der Waals surface area contributed by atoms with Crippen LogP contribution < -0.4 is 5.32 Å². The molecule has 16 heavy (non-hydrogen) atoms. The maximum absolute atomic E-state index is 4.56. The first-order chi connectivity index (χ1) is 7.34. The summed E-state index contributed by atoms with van der Waals surface area (Å²) in [5.74, 6) is 0. The van der Waals surface area contributed by atoms with Crippen LogP contribution in [0.15, 0.2) is 6.20 Å². The van der Waals surface area contributed by atoms with Crippen molar-refractivity contribution < 1.29 is 0 Å². The largest absolute Gasteiger partial charge is 0.310 e. The molecule has 0 saturated carbocycles. The van der Waals surface area contributed by atoms with E-state index in [0.29, 0.717) is 6.04 Å². The van der Waals surface area contributed by atoms with E-state index in [0.717, 1.165) is 13.0 Å². The van der Waals surface area contributed by atoms with Gasteiger partial charge in [-0.15, -0.1) is 0 Å². The minimum atomic E-state index is 0.119. The Labute approximate surface area is 99.2 Å². The molecule has 0 bridgehead atoms. The second-order valence-corrected chi connectivity index (χ2v) is 5.62. The van der Waals surface area contributed by atoms with Crippen LogP contribution in [-0.4, -0.2) is 15.8 Å².